The van der Waals surface area contributed by atoms with Crippen molar-refractivity contribution in [3.8, 4) is 28.0 Å². The predicted octanol–water partition coefficient (Wildman–Crippen LogP) is 12.5. The van der Waals surface area contributed by atoms with E-state index in [0.29, 0.717) is 0 Å². The Kier molecular flexibility index (Phi) is 9.34. The molecule has 0 amide bonds. The number of nitrogens with one attached hydrogen (secondary N) is 1. The summed E-state index contributed by atoms with van der Waals surface area (Å²) in [6, 6.07) is 46.4. The first-order valence-electron chi connectivity index (χ1n) is 17.9. The van der Waals surface area contributed by atoms with Gasteiger partial charge in [0, 0.05) is 11.4 Å². The average Bonchev–Trinajstić information content (AvgIpc) is 3.12. The third-order valence-corrected chi connectivity index (χ3v) is 10.8. The topological polar surface area (TPSA) is 21.3 Å². The predicted molar refractivity (Wildman–Crippen MR) is 205 cm³/mol. The third-order valence-electron chi connectivity index (χ3n) is 10.8. The Balaban J connectivity index is 1.15. The highest BCUT2D eigenvalue weighted by Crippen LogP contribution is 2.39. The number of rotatable bonds is 13. The molecular weight excluding hydrogens is 583 g/mol. The van der Waals surface area contributed by atoms with Crippen molar-refractivity contribution in [2.24, 2.45) is 0 Å². The number of aryl methyl sites for hydroxylation is 2. The molecule has 0 spiro atoms. The number of unbranched alkanes of at least 4 members (excludes halogenated alkanes) is 1. The highest BCUT2D eigenvalue weighted by atomic mass is 16.5. The second kappa shape index (κ2) is 14.1. The van der Waals surface area contributed by atoms with Crippen molar-refractivity contribution in [2.45, 2.75) is 71.1 Å². The highest BCUT2D eigenvalue weighted by Gasteiger charge is 2.22. The van der Waals surface area contributed by atoms with E-state index < -0.39 is 0 Å². The molecule has 2 nitrogen and oxygen atoms in total. The molecule has 0 unspecified atom stereocenters. The molecule has 6 aromatic rings. The fraction of sp³-hybridized carbons (Fsp3) is 0.261. The van der Waals surface area contributed by atoms with Crippen LogP contribution in [0.4, 0.5) is 11.4 Å². The fourth-order valence-electron chi connectivity index (χ4n) is 7.22. The number of anilines is 2. The summed E-state index contributed by atoms with van der Waals surface area (Å²) in [6.45, 7) is 7.69. The number of ether oxygens (including phenoxy) is 1. The van der Waals surface area contributed by atoms with Gasteiger partial charge in [-0.05, 0) is 142 Å². The van der Waals surface area contributed by atoms with Gasteiger partial charge in [-0.2, -0.15) is 0 Å². The molecule has 7 rings (SSSR count). The van der Waals surface area contributed by atoms with Crippen molar-refractivity contribution in [1.82, 2.24) is 0 Å². The van der Waals surface area contributed by atoms with Crippen LogP contribution in [0.5, 0.6) is 5.75 Å². The number of benzene rings is 6. The van der Waals surface area contributed by atoms with Crippen LogP contribution in [0.2, 0.25) is 0 Å². The van der Waals surface area contributed by atoms with Gasteiger partial charge in [-0.15, -0.1) is 0 Å². The van der Waals surface area contributed by atoms with Gasteiger partial charge in [0.05, 0.1) is 6.61 Å². The van der Waals surface area contributed by atoms with E-state index in [2.05, 4.69) is 147 Å². The van der Waals surface area contributed by atoms with Crippen LogP contribution >= 0.6 is 0 Å². The van der Waals surface area contributed by atoms with Gasteiger partial charge in [-0.25, -0.2) is 0 Å². The zero-order chi connectivity index (χ0) is 32.9. The minimum Gasteiger partial charge on any atom is -0.494 e. The Morgan fingerprint density at radius 2 is 1.31 bits per heavy atom. The standard InChI is InChI=1S/C46H47NO/c1-4-46(3,5-2)37-22-17-35(18-23-37)43-30-29-42(36-19-24-39(25-20-36)47-38-15-7-6-8-16-38)44-28-26-40(32-45(43)44)48-31-10-9-12-33-13-11-14-34-21-27-41(33)34/h6-8,11,13-20,22-26,28-30,32,47H,4-5,9-10,12,21,27,31H2,1-3H3. The van der Waals surface area contributed by atoms with E-state index >= 15 is 0 Å². The maximum absolute atomic E-state index is 6.41. The molecule has 242 valence electrons. The molecule has 0 radical (unpaired) electrons. The van der Waals surface area contributed by atoms with Crippen LogP contribution < -0.4 is 10.1 Å². The molecule has 0 saturated heterocycles. The van der Waals surface area contributed by atoms with Gasteiger partial charge in [-0.3, -0.25) is 0 Å². The molecular formula is C46H47NO. The van der Waals surface area contributed by atoms with Gasteiger partial charge in [0.2, 0.25) is 0 Å². The summed E-state index contributed by atoms with van der Waals surface area (Å²) >= 11 is 0. The van der Waals surface area contributed by atoms with E-state index in [0.717, 1.165) is 55.8 Å². The van der Waals surface area contributed by atoms with Crippen LogP contribution in [0.25, 0.3) is 33.0 Å². The summed E-state index contributed by atoms with van der Waals surface area (Å²) in [5, 5.41) is 5.97. The van der Waals surface area contributed by atoms with Gasteiger partial charge >= 0.3 is 0 Å². The summed E-state index contributed by atoms with van der Waals surface area (Å²) < 4.78 is 6.41. The maximum atomic E-state index is 6.41. The molecule has 48 heavy (non-hydrogen) atoms. The summed E-state index contributed by atoms with van der Waals surface area (Å²) in [6.07, 6.45) is 8.10. The van der Waals surface area contributed by atoms with Crippen LogP contribution in [-0.4, -0.2) is 6.61 Å². The summed E-state index contributed by atoms with van der Waals surface area (Å²) in [7, 11) is 0. The molecule has 0 heterocycles. The molecule has 1 aliphatic carbocycles. The van der Waals surface area contributed by atoms with Crippen molar-refractivity contribution in [1.29, 1.82) is 0 Å². The van der Waals surface area contributed by atoms with E-state index in [4.69, 9.17) is 4.74 Å². The van der Waals surface area contributed by atoms with Crippen molar-refractivity contribution >= 4 is 22.1 Å². The minimum atomic E-state index is 0.203. The van der Waals surface area contributed by atoms with Crippen molar-refractivity contribution in [3.63, 3.8) is 0 Å². The molecule has 0 aliphatic heterocycles. The molecule has 0 bridgehead atoms. The lowest BCUT2D eigenvalue weighted by molar-refractivity contribution is 0.307. The first kappa shape index (κ1) is 31.8. The normalized spacial score (nSPS) is 12.4. The number of para-hydroxylation sites is 1. The number of hydrogen-bond acceptors (Lipinski definition) is 2. The molecule has 1 aliphatic rings. The van der Waals surface area contributed by atoms with Crippen molar-refractivity contribution in [2.75, 3.05) is 11.9 Å². The van der Waals surface area contributed by atoms with Crippen LogP contribution in [0, 0.1) is 0 Å². The minimum absolute atomic E-state index is 0.203. The van der Waals surface area contributed by atoms with E-state index in [1.54, 1.807) is 11.1 Å². The van der Waals surface area contributed by atoms with E-state index in [1.807, 2.05) is 6.07 Å². The third kappa shape index (κ3) is 6.62. The van der Waals surface area contributed by atoms with Gasteiger partial charge in [0.1, 0.15) is 5.75 Å². The Hall–Kier alpha value is -4.82. The number of fused-ring (bicyclic) bond motifs is 2. The molecule has 1 N–H and O–H groups in total. The molecule has 6 aromatic carbocycles. The van der Waals surface area contributed by atoms with Gasteiger partial charge in [0.15, 0.2) is 0 Å². The summed E-state index contributed by atoms with van der Waals surface area (Å²) in [5.41, 5.74) is 13.4. The smallest absolute Gasteiger partial charge is 0.119 e. The van der Waals surface area contributed by atoms with E-state index in [1.165, 1.54) is 57.0 Å². The van der Waals surface area contributed by atoms with Crippen LogP contribution in [-0.2, 0) is 24.7 Å². The van der Waals surface area contributed by atoms with Gasteiger partial charge in [0.25, 0.3) is 0 Å². The van der Waals surface area contributed by atoms with E-state index in [-0.39, 0.29) is 5.41 Å². The average molecular weight is 630 g/mol. The zero-order valence-electron chi connectivity index (χ0n) is 28.7. The van der Waals surface area contributed by atoms with Crippen LogP contribution in [0.1, 0.15) is 68.7 Å². The van der Waals surface area contributed by atoms with Crippen molar-refractivity contribution < 1.29 is 4.74 Å². The van der Waals surface area contributed by atoms with Crippen molar-refractivity contribution in [3.05, 3.63) is 150 Å². The molecule has 0 atom stereocenters. The van der Waals surface area contributed by atoms with Crippen LogP contribution in [0.15, 0.2) is 127 Å². The van der Waals surface area contributed by atoms with E-state index in [9.17, 15) is 0 Å². The summed E-state index contributed by atoms with van der Waals surface area (Å²) in [4.78, 5) is 0. The quantitative estimate of drug-likeness (QED) is 0.128. The fourth-order valence-corrected chi connectivity index (χ4v) is 7.22. The molecule has 2 heteroatoms. The van der Waals surface area contributed by atoms with Gasteiger partial charge in [-0.1, -0.05) is 112 Å². The largest absolute Gasteiger partial charge is 0.494 e. The zero-order valence-corrected chi connectivity index (χ0v) is 28.7. The molecule has 0 fully saturated rings. The number of hydrogen-bond donors (Lipinski definition) is 1. The Morgan fingerprint density at radius 1 is 0.625 bits per heavy atom. The molecule has 0 aromatic heterocycles. The monoisotopic (exact) mass is 629 g/mol. The maximum Gasteiger partial charge on any atom is 0.119 e. The molecule has 0 saturated carbocycles. The van der Waals surface area contributed by atoms with Crippen LogP contribution in [0.3, 0.4) is 0 Å². The second-order valence-electron chi connectivity index (χ2n) is 13.6. The Morgan fingerprint density at radius 3 is 2.00 bits per heavy atom. The second-order valence-corrected chi connectivity index (χ2v) is 13.6. The first-order valence-corrected chi connectivity index (χ1v) is 17.9. The summed E-state index contributed by atoms with van der Waals surface area (Å²) in [5.74, 6) is 0.938. The lowest BCUT2D eigenvalue weighted by Crippen LogP contribution is -2.19. The SMILES string of the molecule is CCC(C)(CC)c1ccc(-c2ccc(-c3ccc(Nc4ccccc4)cc3)c3ccc(OCCCCc4cccc5c4CC5)cc23)cc1. The lowest BCUT2D eigenvalue weighted by atomic mass is 9.77. The highest BCUT2D eigenvalue weighted by molar-refractivity contribution is 6.05. The van der Waals surface area contributed by atoms with Gasteiger partial charge < -0.3 is 10.1 Å². The Labute approximate surface area is 286 Å². The first-order chi connectivity index (χ1) is 23.5. The Bertz CT molecular complexity index is 1990. The lowest BCUT2D eigenvalue weighted by Gasteiger charge is -2.27.